The van der Waals surface area contributed by atoms with Gasteiger partial charge in [-0.3, -0.25) is 9.59 Å². The number of pyridine rings is 1. The van der Waals surface area contributed by atoms with Gasteiger partial charge in [-0.25, -0.2) is 0 Å². The van der Waals surface area contributed by atoms with E-state index < -0.39 is 6.10 Å². The Morgan fingerprint density at radius 2 is 1.95 bits per heavy atom. The number of carbonyl (C=O) groups excluding carboxylic acids is 1. The smallest absolute Gasteiger partial charge is 0.255 e. The number of aromatic amines is 1. The second-order valence-corrected chi connectivity index (χ2v) is 4.92. The van der Waals surface area contributed by atoms with Gasteiger partial charge in [0.05, 0.1) is 25.3 Å². The summed E-state index contributed by atoms with van der Waals surface area (Å²) in [6.45, 7) is 0.143. The van der Waals surface area contributed by atoms with Crippen LogP contribution in [-0.2, 0) is 0 Å². The Balaban J connectivity index is 2.03. The van der Waals surface area contributed by atoms with Gasteiger partial charge in [0.25, 0.3) is 5.91 Å². The van der Waals surface area contributed by atoms with Crippen molar-refractivity contribution < 1.29 is 14.6 Å². The van der Waals surface area contributed by atoms with Crippen molar-refractivity contribution in [1.82, 2.24) is 9.88 Å². The number of amides is 1. The van der Waals surface area contributed by atoms with E-state index in [1.165, 1.54) is 23.2 Å². The first-order valence-corrected chi connectivity index (χ1v) is 6.77. The second kappa shape index (κ2) is 6.91. The molecule has 0 aliphatic carbocycles. The molecule has 0 aliphatic heterocycles. The van der Waals surface area contributed by atoms with Gasteiger partial charge in [0.1, 0.15) is 5.75 Å². The summed E-state index contributed by atoms with van der Waals surface area (Å²) >= 11 is 0. The number of H-pyrrole nitrogens is 1. The van der Waals surface area contributed by atoms with Crippen molar-refractivity contribution in [3.05, 3.63) is 64.1 Å². The molecular weight excluding hydrogens is 284 g/mol. The Kier molecular flexibility index (Phi) is 4.95. The van der Waals surface area contributed by atoms with Gasteiger partial charge in [0, 0.05) is 19.3 Å². The van der Waals surface area contributed by atoms with Gasteiger partial charge in [-0.05, 0) is 23.8 Å². The first kappa shape index (κ1) is 15.8. The molecule has 0 bridgehead atoms. The molecule has 1 aromatic carbocycles. The molecule has 0 saturated heterocycles. The molecule has 0 saturated carbocycles. The monoisotopic (exact) mass is 302 g/mol. The number of hydrogen-bond donors (Lipinski definition) is 2. The molecule has 0 spiro atoms. The highest BCUT2D eigenvalue weighted by Gasteiger charge is 2.16. The van der Waals surface area contributed by atoms with Crippen LogP contribution in [0.1, 0.15) is 22.0 Å². The van der Waals surface area contributed by atoms with Gasteiger partial charge in [0.15, 0.2) is 0 Å². The fraction of sp³-hybridized carbons (Fsp3) is 0.250. The molecule has 116 valence electrons. The number of benzene rings is 1. The Hall–Kier alpha value is -2.60. The number of rotatable bonds is 5. The van der Waals surface area contributed by atoms with Crippen LogP contribution in [0.2, 0.25) is 0 Å². The summed E-state index contributed by atoms with van der Waals surface area (Å²) in [5, 5.41) is 10.2. The molecule has 1 aromatic heterocycles. The van der Waals surface area contributed by atoms with Gasteiger partial charge in [-0.15, -0.1) is 0 Å². The highest BCUT2D eigenvalue weighted by Crippen LogP contribution is 2.18. The molecule has 1 heterocycles. The zero-order valence-electron chi connectivity index (χ0n) is 12.4. The van der Waals surface area contributed by atoms with Crippen LogP contribution in [0.5, 0.6) is 5.75 Å². The van der Waals surface area contributed by atoms with Gasteiger partial charge < -0.3 is 19.7 Å². The van der Waals surface area contributed by atoms with Crippen molar-refractivity contribution in [2.45, 2.75) is 6.10 Å². The lowest BCUT2D eigenvalue weighted by Crippen LogP contribution is -2.31. The first-order valence-electron chi connectivity index (χ1n) is 6.77. The van der Waals surface area contributed by atoms with Crippen LogP contribution < -0.4 is 10.3 Å². The number of hydrogen-bond acceptors (Lipinski definition) is 4. The maximum atomic E-state index is 12.2. The normalized spacial score (nSPS) is 11.8. The summed E-state index contributed by atoms with van der Waals surface area (Å²) in [5.41, 5.74) is 0.795. The van der Waals surface area contributed by atoms with Crippen LogP contribution in [0.3, 0.4) is 0 Å². The van der Waals surface area contributed by atoms with E-state index in [-0.39, 0.29) is 18.0 Å². The van der Waals surface area contributed by atoms with Gasteiger partial charge in [0.2, 0.25) is 5.56 Å². The molecule has 2 rings (SSSR count). The molecule has 2 N–H and O–H groups in total. The topological polar surface area (TPSA) is 82.6 Å². The van der Waals surface area contributed by atoms with E-state index in [4.69, 9.17) is 4.74 Å². The number of aliphatic hydroxyl groups excluding tert-OH is 1. The predicted octanol–water partition coefficient (Wildman–Crippen LogP) is 1.19. The van der Waals surface area contributed by atoms with Crippen LogP contribution in [0, 0.1) is 0 Å². The largest absolute Gasteiger partial charge is 0.497 e. The molecule has 6 heteroatoms. The zero-order valence-corrected chi connectivity index (χ0v) is 12.4. The highest BCUT2D eigenvalue weighted by molar-refractivity contribution is 5.93. The number of ether oxygens (including phenoxy) is 1. The summed E-state index contributed by atoms with van der Waals surface area (Å²) < 4.78 is 5.06. The Morgan fingerprint density at radius 1 is 1.27 bits per heavy atom. The maximum Gasteiger partial charge on any atom is 0.255 e. The van der Waals surface area contributed by atoms with E-state index in [2.05, 4.69) is 4.98 Å². The Bertz CT molecular complexity index is 674. The predicted molar refractivity (Wildman–Crippen MR) is 82.0 cm³/mol. The van der Waals surface area contributed by atoms with Crippen LogP contribution in [0.25, 0.3) is 0 Å². The number of nitrogens with one attached hydrogen (secondary N) is 1. The lowest BCUT2D eigenvalue weighted by molar-refractivity contribution is 0.0680. The molecular formula is C16H18N2O4. The summed E-state index contributed by atoms with van der Waals surface area (Å²) in [5.74, 6) is 0.428. The summed E-state index contributed by atoms with van der Waals surface area (Å²) in [6, 6.07) is 9.76. The second-order valence-electron chi connectivity index (χ2n) is 4.92. The molecule has 22 heavy (non-hydrogen) atoms. The fourth-order valence-corrected chi connectivity index (χ4v) is 2.04. The number of likely N-dealkylation sites (N-methyl/N-ethyl adjacent to an activating group) is 1. The van der Waals surface area contributed by atoms with Crippen molar-refractivity contribution in [2.24, 2.45) is 0 Å². The number of methoxy groups -OCH3 is 1. The Labute approximate surface area is 128 Å². The number of aromatic nitrogens is 1. The van der Waals surface area contributed by atoms with Crippen LogP contribution in [-0.4, -0.2) is 41.6 Å². The summed E-state index contributed by atoms with van der Waals surface area (Å²) in [4.78, 5) is 27.1. The molecule has 1 amide bonds. The molecule has 6 nitrogen and oxygen atoms in total. The van der Waals surface area contributed by atoms with Crippen LogP contribution in [0.4, 0.5) is 0 Å². The van der Waals surface area contributed by atoms with Crippen molar-refractivity contribution in [3.8, 4) is 5.75 Å². The molecule has 0 fully saturated rings. The third kappa shape index (κ3) is 3.73. The van der Waals surface area contributed by atoms with E-state index in [0.717, 1.165) is 0 Å². The summed E-state index contributed by atoms with van der Waals surface area (Å²) in [7, 11) is 3.17. The van der Waals surface area contributed by atoms with Gasteiger partial charge in [-0.2, -0.15) is 0 Å². The minimum Gasteiger partial charge on any atom is -0.497 e. The SMILES string of the molecule is COc1ccc(C(O)CN(C)C(=O)c2ccc(=O)[nH]c2)cc1. The average molecular weight is 302 g/mol. The third-order valence-electron chi connectivity index (χ3n) is 3.33. The van der Waals surface area contributed by atoms with Crippen LogP contribution >= 0.6 is 0 Å². The standard InChI is InChI=1S/C16H18N2O4/c1-18(16(21)12-5-8-15(20)17-9-12)10-14(19)11-3-6-13(22-2)7-4-11/h3-9,14,19H,10H2,1-2H3,(H,17,20). The third-order valence-corrected chi connectivity index (χ3v) is 3.33. The lowest BCUT2D eigenvalue weighted by Gasteiger charge is -2.21. The minimum atomic E-state index is -0.803. The fourth-order valence-electron chi connectivity index (χ4n) is 2.04. The molecule has 1 atom stereocenters. The van der Waals surface area contributed by atoms with Crippen molar-refractivity contribution >= 4 is 5.91 Å². The van der Waals surface area contributed by atoms with Gasteiger partial charge >= 0.3 is 0 Å². The Morgan fingerprint density at radius 3 is 2.50 bits per heavy atom. The molecule has 1 unspecified atom stereocenters. The zero-order chi connectivity index (χ0) is 16.1. The number of nitrogens with zero attached hydrogens (tertiary/aromatic N) is 1. The molecule has 2 aromatic rings. The summed E-state index contributed by atoms with van der Waals surface area (Å²) in [6.07, 6.45) is 0.559. The number of aliphatic hydroxyl groups is 1. The van der Waals surface area contributed by atoms with E-state index in [0.29, 0.717) is 16.9 Å². The number of carbonyl (C=O) groups is 1. The first-order chi connectivity index (χ1) is 10.5. The van der Waals surface area contributed by atoms with Crippen molar-refractivity contribution in [2.75, 3.05) is 20.7 Å². The lowest BCUT2D eigenvalue weighted by atomic mass is 10.1. The highest BCUT2D eigenvalue weighted by atomic mass is 16.5. The van der Waals surface area contributed by atoms with E-state index in [1.54, 1.807) is 38.4 Å². The van der Waals surface area contributed by atoms with Crippen molar-refractivity contribution in [1.29, 1.82) is 0 Å². The maximum absolute atomic E-state index is 12.2. The van der Waals surface area contributed by atoms with E-state index in [1.807, 2.05) is 0 Å². The molecule has 0 radical (unpaired) electrons. The van der Waals surface area contributed by atoms with E-state index >= 15 is 0 Å². The van der Waals surface area contributed by atoms with Gasteiger partial charge in [-0.1, -0.05) is 12.1 Å². The van der Waals surface area contributed by atoms with Crippen molar-refractivity contribution in [3.63, 3.8) is 0 Å². The van der Waals surface area contributed by atoms with Crippen LogP contribution in [0.15, 0.2) is 47.4 Å². The van der Waals surface area contributed by atoms with E-state index in [9.17, 15) is 14.7 Å². The minimum absolute atomic E-state index is 0.143. The average Bonchev–Trinajstić information content (AvgIpc) is 2.54. The molecule has 0 aliphatic rings. The quantitative estimate of drug-likeness (QED) is 0.869.